The zero-order chi connectivity index (χ0) is 15.8. The summed E-state index contributed by atoms with van der Waals surface area (Å²) in [7, 11) is 1.91. The van der Waals surface area contributed by atoms with E-state index in [0.29, 0.717) is 5.56 Å². The van der Waals surface area contributed by atoms with Crippen LogP contribution in [0.25, 0.3) is 22.2 Å². The van der Waals surface area contributed by atoms with E-state index in [9.17, 15) is 5.26 Å². The van der Waals surface area contributed by atoms with E-state index in [2.05, 4.69) is 28.4 Å². The first-order valence-electron chi connectivity index (χ1n) is 7.86. The first-order chi connectivity index (χ1) is 11.3. The third kappa shape index (κ3) is 2.33. The molecule has 0 aliphatic heterocycles. The van der Waals surface area contributed by atoms with Crippen LogP contribution in [0.1, 0.15) is 36.8 Å². The van der Waals surface area contributed by atoms with Gasteiger partial charge in [0.2, 0.25) is 0 Å². The van der Waals surface area contributed by atoms with Gasteiger partial charge in [0.1, 0.15) is 6.07 Å². The number of rotatable bonds is 2. The maximum atomic E-state index is 9.40. The Labute approximate surface area is 134 Å². The fourth-order valence-corrected chi connectivity index (χ4v) is 3.26. The monoisotopic (exact) mass is 303 g/mol. The van der Waals surface area contributed by atoms with Gasteiger partial charge < -0.3 is 0 Å². The van der Waals surface area contributed by atoms with Crippen molar-refractivity contribution in [2.45, 2.75) is 25.7 Å². The molecule has 0 aromatic carbocycles. The average Bonchev–Trinajstić information content (AvgIpc) is 3.20. The van der Waals surface area contributed by atoms with Crippen LogP contribution in [0.2, 0.25) is 0 Å². The van der Waals surface area contributed by atoms with Crippen LogP contribution in [0.4, 0.5) is 0 Å². The lowest BCUT2D eigenvalue weighted by Crippen LogP contribution is -1.98. The molecule has 0 atom stereocenters. The molecule has 0 radical (unpaired) electrons. The molecule has 3 aromatic heterocycles. The van der Waals surface area contributed by atoms with Gasteiger partial charge in [0.05, 0.1) is 23.5 Å². The highest BCUT2D eigenvalue weighted by Gasteiger charge is 2.16. The molecule has 3 heterocycles. The average molecular weight is 303 g/mol. The number of hydrogen-bond acceptors (Lipinski definition) is 3. The highest BCUT2D eigenvalue weighted by molar-refractivity contribution is 5.85. The van der Waals surface area contributed by atoms with Crippen molar-refractivity contribution in [2.75, 3.05) is 0 Å². The van der Waals surface area contributed by atoms with Crippen molar-refractivity contribution in [3.63, 3.8) is 0 Å². The summed E-state index contributed by atoms with van der Waals surface area (Å²) in [5, 5.41) is 18.0. The molecule has 0 saturated carbocycles. The summed E-state index contributed by atoms with van der Waals surface area (Å²) in [4.78, 5) is 0. The molecule has 1 aliphatic carbocycles. The minimum absolute atomic E-state index is 0.629. The van der Waals surface area contributed by atoms with Gasteiger partial charge in [-0.25, -0.2) is 4.52 Å². The zero-order valence-electron chi connectivity index (χ0n) is 13.0. The first kappa shape index (κ1) is 13.8. The van der Waals surface area contributed by atoms with Crippen molar-refractivity contribution < 1.29 is 0 Å². The maximum Gasteiger partial charge on any atom is 0.103 e. The Bertz CT molecular complexity index is 952. The number of allylic oxidation sites excluding steroid dienone is 2. The Balaban J connectivity index is 1.98. The van der Waals surface area contributed by atoms with Crippen molar-refractivity contribution in [1.82, 2.24) is 19.4 Å². The highest BCUT2D eigenvalue weighted by atomic mass is 15.2. The van der Waals surface area contributed by atoms with Gasteiger partial charge in [-0.05, 0) is 37.3 Å². The Morgan fingerprint density at radius 3 is 2.74 bits per heavy atom. The van der Waals surface area contributed by atoms with Gasteiger partial charge in [0.15, 0.2) is 0 Å². The summed E-state index contributed by atoms with van der Waals surface area (Å²) in [6.07, 6.45) is 14.4. The Hall–Kier alpha value is -2.87. The predicted octanol–water partition coefficient (Wildman–Crippen LogP) is 3.56. The topological polar surface area (TPSA) is 58.9 Å². The molecule has 5 nitrogen and oxygen atoms in total. The lowest BCUT2D eigenvalue weighted by atomic mass is 9.91. The number of aromatic nitrogens is 4. The van der Waals surface area contributed by atoms with Crippen LogP contribution >= 0.6 is 0 Å². The van der Waals surface area contributed by atoms with Gasteiger partial charge in [-0.15, -0.1) is 0 Å². The van der Waals surface area contributed by atoms with E-state index < -0.39 is 0 Å². The van der Waals surface area contributed by atoms with E-state index in [4.69, 9.17) is 0 Å². The molecule has 0 fully saturated rings. The number of fused-ring (bicyclic) bond motifs is 1. The number of nitrogens with zero attached hydrogens (tertiary/aromatic N) is 5. The smallest absolute Gasteiger partial charge is 0.103 e. The van der Waals surface area contributed by atoms with Gasteiger partial charge in [0, 0.05) is 36.1 Å². The molecular formula is C18H17N5. The number of pyridine rings is 1. The molecule has 0 unspecified atom stereocenters. The summed E-state index contributed by atoms with van der Waals surface area (Å²) < 4.78 is 3.62. The molecule has 0 amide bonds. The summed E-state index contributed by atoms with van der Waals surface area (Å²) in [5.74, 6) is 0. The van der Waals surface area contributed by atoms with Gasteiger partial charge in [-0.2, -0.15) is 15.5 Å². The van der Waals surface area contributed by atoms with Crippen LogP contribution in [0.3, 0.4) is 0 Å². The number of hydrogen-bond donors (Lipinski definition) is 0. The van der Waals surface area contributed by atoms with E-state index in [1.807, 2.05) is 30.2 Å². The highest BCUT2D eigenvalue weighted by Crippen LogP contribution is 2.33. The third-order valence-corrected chi connectivity index (χ3v) is 4.41. The van der Waals surface area contributed by atoms with Crippen LogP contribution in [0.15, 0.2) is 36.9 Å². The second-order valence-electron chi connectivity index (χ2n) is 5.98. The van der Waals surface area contributed by atoms with Crippen LogP contribution in [-0.4, -0.2) is 19.4 Å². The van der Waals surface area contributed by atoms with Crippen molar-refractivity contribution in [2.24, 2.45) is 7.05 Å². The van der Waals surface area contributed by atoms with Gasteiger partial charge in [-0.3, -0.25) is 4.68 Å². The van der Waals surface area contributed by atoms with Crippen molar-refractivity contribution in [1.29, 1.82) is 5.26 Å². The molecule has 0 bridgehead atoms. The molecule has 4 rings (SSSR count). The normalized spacial score (nSPS) is 14.7. The van der Waals surface area contributed by atoms with E-state index in [-0.39, 0.29) is 0 Å². The summed E-state index contributed by atoms with van der Waals surface area (Å²) in [6.45, 7) is 0. The van der Waals surface area contributed by atoms with Crippen LogP contribution < -0.4 is 0 Å². The molecule has 114 valence electrons. The first-order valence-corrected chi connectivity index (χ1v) is 7.86. The van der Waals surface area contributed by atoms with Crippen LogP contribution in [0.5, 0.6) is 0 Å². The number of nitriles is 1. The summed E-state index contributed by atoms with van der Waals surface area (Å²) >= 11 is 0. The molecule has 0 N–H and O–H groups in total. The fourth-order valence-electron chi connectivity index (χ4n) is 3.26. The van der Waals surface area contributed by atoms with Gasteiger partial charge >= 0.3 is 0 Å². The van der Waals surface area contributed by atoms with Crippen molar-refractivity contribution in [3.05, 3.63) is 48.1 Å². The molecule has 1 aliphatic rings. The fraction of sp³-hybridized carbons (Fsp3) is 0.278. The molecule has 23 heavy (non-hydrogen) atoms. The molecule has 5 heteroatoms. The zero-order valence-corrected chi connectivity index (χ0v) is 13.0. The predicted molar refractivity (Wildman–Crippen MR) is 88.6 cm³/mol. The van der Waals surface area contributed by atoms with Crippen LogP contribution in [0, 0.1) is 11.3 Å². The van der Waals surface area contributed by atoms with Gasteiger partial charge in [0.25, 0.3) is 0 Å². The lowest BCUT2D eigenvalue weighted by Gasteiger charge is -2.15. The number of aryl methyl sites for hydroxylation is 1. The van der Waals surface area contributed by atoms with E-state index in [1.165, 1.54) is 18.4 Å². The summed E-state index contributed by atoms with van der Waals surface area (Å²) in [5.41, 5.74) is 6.11. The molecular weight excluding hydrogens is 286 g/mol. The van der Waals surface area contributed by atoms with E-state index in [1.54, 1.807) is 10.9 Å². The van der Waals surface area contributed by atoms with E-state index in [0.717, 1.165) is 35.0 Å². The van der Waals surface area contributed by atoms with Crippen molar-refractivity contribution >= 4 is 11.1 Å². The minimum Gasteiger partial charge on any atom is -0.275 e. The second kappa shape index (κ2) is 5.40. The lowest BCUT2D eigenvalue weighted by molar-refractivity contribution is 0.742. The SMILES string of the molecule is Cn1cc(-c2cc(C3=CCCCC3)c3c(C#N)cnn3c2)cn1. The quantitative estimate of drug-likeness (QED) is 0.727. The van der Waals surface area contributed by atoms with Gasteiger partial charge in [-0.1, -0.05) is 6.08 Å². The van der Waals surface area contributed by atoms with Crippen LogP contribution in [-0.2, 0) is 7.05 Å². The second-order valence-corrected chi connectivity index (χ2v) is 5.98. The minimum atomic E-state index is 0.629. The molecule has 0 saturated heterocycles. The van der Waals surface area contributed by atoms with E-state index >= 15 is 0 Å². The standard InChI is InChI=1S/C18H17N5/c1-22-11-16(10-20-22)14-7-17(13-5-3-2-4-6-13)18-15(8-19)9-21-23(18)12-14/h5,7,9-12H,2-4,6H2,1H3. The Kier molecular flexibility index (Phi) is 3.23. The van der Waals surface area contributed by atoms with Crippen molar-refractivity contribution in [3.8, 4) is 17.2 Å². The summed E-state index contributed by atoms with van der Waals surface area (Å²) in [6, 6.07) is 4.44. The molecule has 0 spiro atoms. The largest absolute Gasteiger partial charge is 0.275 e. The third-order valence-electron chi connectivity index (χ3n) is 4.41. The Morgan fingerprint density at radius 2 is 2.04 bits per heavy atom. The maximum absolute atomic E-state index is 9.40. The Morgan fingerprint density at radius 1 is 1.13 bits per heavy atom. The molecule has 3 aromatic rings.